The molecule has 21 nitrogen and oxygen atoms in total. The summed E-state index contributed by atoms with van der Waals surface area (Å²) in [4.78, 5) is 11.8. The number of aliphatic hydroxyl groups excluding tert-OH is 12. The highest BCUT2D eigenvalue weighted by atomic mass is 16.8. The molecular weight excluding hydrogens is 646 g/mol. The van der Waals surface area contributed by atoms with Crippen LogP contribution < -0.4 is 5.32 Å². The number of hydrogen-bond donors (Lipinski definition) is 13. The summed E-state index contributed by atoms with van der Waals surface area (Å²) < 4.78 is 38.3. The van der Waals surface area contributed by atoms with Crippen LogP contribution in [0, 0.1) is 0 Å². The molecule has 0 unspecified atom stereocenters. The molecule has 13 N–H and O–H groups in total. The van der Waals surface area contributed by atoms with Gasteiger partial charge in [0.15, 0.2) is 25.2 Å². The number of carbonyl (C=O) groups is 1. The monoisotopic (exact) mass is 691 g/mol. The first-order chi connectivity index (χ1) is 22.1. The van der Waals surface area contributed by atoms with Crippen molar-refractivity contribution in [2.75, 3.05) is 19.8 Å². The van der Waals surface area contributed by atoms with Gasteiger partial charge in [0.1, 0.15) is 91.5 Å². The Morgan fingerprint density at radius 3 is 1.70 bits per heavy atom. The van der Waals surface area contributed by atoms with Crippen molar-refractivity contribution in [2.45, 2.75) is 137 Å². The maximum absolute atomic E-state index is 11.8. The van der Waals surface area contributed by atoms with Crippen molar-refractivity contribution >= 4 is 5.91 Å². The summed E-state index contributed by atoms with van der Waals surface area (Å²) in [5.74, 6) is -0.648. The van der Waals surface area contributed by atoms with Gasteiger partial charge in [0, 0.05) is 6.92 Å². The lowest BCUT2D eigenvalue weighted by Crippen LogP contribution is -2.68. The Bertz CT molecular complexity index is 1010. The van der Waals surface area contributed by atoms with Crippen LogP contribution in [-0.2, 0) is 38.0 Å². The van der Waals surface area contributed by atoms with Crippen LogP contribution in [-0.4, -0.2) is 210 Å². The van der Waals surface area contributed by atoms with Gasteiger partial charge >= 0.3 is 0 Å². The van der Waals surface area contributed by atoms with Crippen molar-refractivity contribution in [3.8, 4) is 0 Å². The van der Waals surface area contributed by atoms with Gasteiger partial charge in [-0.2, -0.15) is 0 Å². The third kappa shape index (κ3) is 8.20. The van der Waals surface area contributed by atoms with Gasteiger partial charge in [0.05, 0.1) is 25.9 Å². The lowest BCUT2D eigenvalue weighted by molar-refractivity contribution is -0.373. The van der Waals surface area contributed by atoms with E-state index in [1.807, 2.05) is 0 Å². The van der Waals surface area contributed by atoms with E-state index in [-0.39, 0.29) is 0 Å². The van der Waals surface area contributed by atoms with Gasteiger partial charge < -0.3 is 99.8 Å². The third-order valence-corrected chi connectivity index (χ3v) is 8.55. The second kappa shape index (κ2) is 16.2. The molecule has 274 valence electrons. The molecule has 0 spiro atoms. The predicted octanol–water partition coefficient (Wildman–Crippen LogP) is -8.58. The summed E-state index contributed by atoms with van der Waals surface area (Å²) in [5, 5.41) is 126. The normalized spacial score (nSPS) is 51.0. The molecule has 0 bridgehead atoms. The highest BCUT2D eigenvalue weighted by molar-refractivity contribution is 5.73. The summed E-state index contributed by atoms with van der Waals surface area (Å²) in [7, 11) is 0. The second-order valence-electron chi connectivity index (χ2n) is 11.9. The van der Waals surface area contributed by atoms with Crippen molar-refractivity contribution < 1.29 is 99.2 Å². The Kier molecular flexibility index (Phi) is 13.2. The fourth-order valence-corrected chi connectivity index (χ4v) is 5.78. The Balaban J connectivity index is 1.47. The summed E-state index contributed by atoms with van der Waals surface area (Å²) in [6, 6.07) is -1.41. The molecule has 1 amide bonds. The molecule has 4 aliphatic rings. The maximum Gasteiger partial charge on any atom is 0.217 e. The van der Waals surface area contributed by atoms with Crippen molar-refractivity contribution in [2.24, 2.45) is 0 Å². The maximum atomic E-state index is 11.8. The van der Waals surface area contributed by atoms with E-state index in [2.05, 4.69) is 5.32 Å². The van der Waals surface area contributed by atoms with E-state index in [1.165, 1.54) is 6.92 Å². The van der Waals surface area contributed by atoms with Crippen LogP contribution in [0.3, 0.4) is 0 Å². The molecule has 0 saturated carbocycles. The molecular formula is C26H45NO20. The van der Waals surface area contributed by atoms with E-state index < -0.39 is 148 Å². The topological polar surface area (TPSA) is 336 Å². The summed E-state index contributed by atoms with van der Waals surface area (Å²) in [6.45, 7) is 0.304. The predicted molar refractivity (Wildman–Crippen MR) is 144 cm³/mol. The van der Waals surface area contributed by atoms with Crippen LogP contribution in [0.5, 0.6) is 0 Å². The molecule has 0 aliphatic carbocycles. The Hall–Kier alpha value is -1.29. The van der Waals surface area contributed by atoms with Gasteiger partial charge in [-0.1, -0.05) is 0 Å². The minimum absolute atomic E-state index is 0.648. The summed E-state index contributed by atoms with van der Waals surface area (Å²) >= 11 is 0. The smallest absolute Gasteiger partial charge is 0.217 e. The van der Waals surface area contributed by atoms with E-state index in [1.54, 1.807) is 0 Å². The zero-order chi connectivity index (χ0) is 34.9. The minimum atomic E-state index is -1.97. The molecule has 4 heterocycles. The van der Waals surface area contributed by atoms with Gasteiger partial charge in [0.25, 0.3) is 0 Å². The lowest BCUT2D eigenvalue weighted by Gasteiger charge is -2.48. The van der Waals surface area contributed by atoms with Gasteiger partial charge in [-0.15, -0.1) is 0 Å². The first kappa shape index (κ1) is 38.5. The van der Waals surface area contributed by atoms with Crippen LogP contribution >= 0.6 is 0 Å². The van der Waals surface area contributed by atoms with Crippen LogP contribution in [0.15, 0.2) is 0 Å². The van der Waals surface area contributed by atoms with Crippen LogP contribution in [0.25, 0.3) is 0 Å². The number of carbonyl (C=O) groups excluding carboxylic acids is 1. The fourth-order valence-electron chi connectivity index (χ4n) is 5.78. The van der Waals surface area contributed by atoms with E-state index >= 15 is 0 Å². The van der Waals surface area contributed by atoms with Crippen molar-refractivity contribution in [1.29, 1.82) is 0 Å². The van der Waals surface area contributed by atoms with Gasteiger partial charge in [-0.25, -0.2) is 0 Å². The Morgan fingerprint density at radius 2 is 1.11 bits per heavy atom. The van der Waals surface area contributed by atoms with Crippen LogP contribution in [0.2, 0.25) is 0 Å². The largest absolute Gasteiger partial charge is 0.394 e. The number of aliphatic hydroxyl groups is 12. The van der Waals surface area contributed by atoms with E-state index in [0.717, 1.165) is 6.92 Å². The average Bonchev–Trinajstić information content (AvgIpc) is 3.03. The van der Waals surface area contributed by atoms with Crippen LogP contribution in [0.4, 0.5) is 0 Å². The van der Waals surface area contributed by atoms with E-state index in [4.69, 9.17) is 33.2 Å². The molecule has 4 rings (SSSR count). The van der Waals surface area contributed by atoms with Gasteiger partial charge in [0.2, 0.25) is 5.91 Å². The Morgan fingerprint density at radius 1 is 0.596 bits per heavy atom. The third-order valence-electron chi connectivity index (χ3n) is 8.55. The highest BCUT2D eigenvalue weighted by Crippen LogP contribution is 2.33. The number of amides is 1. The number of rotatable bonds is 10. The standard InChI is InChI=1S/C26H45NO20/c1-6-12(31)22(20(39)26(42-6)46-21-11(27-7(2)30)23(40)43-9(4-29)15(21)34)47-25-19(38)17(36)14(33)10(45-25)5-41-24-18(37)16(35)13(32)8(3-28)44-24/h6,8-26,28-29,31-40H,3-5H2,1-2H3,(H,27,30)/t6-,8+,9+,10+,11+,12+,13-,14+,15+,16-,17-,18+,19-,20-,21+,22+,23+,24-,25+,26-/m0/s1. The van der Waals surface area contributed by atoms with Crippen molar-refractivity contribution in [1.82, 2.24) is 5.32 Å². The van der Waals surface area contributed by atoms with Crippen LogP contribution in [0.1, 0.15) is 13.8 Å². The van der Waals surface area contributed by atoms with E-state index in [0.29, 0.717) is 0 Å². The summed E-state index contributed by atoms with van der Waals surface area (Å²) in [6.07, 6.45) is -31.8. The summed E-state index contributed by atoms with van der Waals surface area (Å²) in [5.41, 5.74) is 0. The quantitative estimate of drug-likeness (QED) is 0.101. The zero-order valence-corrected chi connectivity index (χ0v) is 25.3. The molecule has 20 atom stereocenters. The zero-order valence-electron chi connectivity index (χ0n) is 25.3. The molecule has 4 aliphatic heterocycles. The molecule has 47 heavy (non-hydrogen) atoms. The molecule has 0 radical (unpaired) electrons. The van der Waals surface area contributed by atoms with Crippen molar-refractivity contribution in [3.05, 3.63) is 0 Å². The number of nitrogens with one attached hydrogen (secondary N) is 1. The van der Waals surface area contributed by atoms with Crippen molar-refractivity contribution in [3.63, 3.8) is 0 Å². The molecule has 0 aromatic heterocycles. The molecule has 4 fully saturated rings. The average molecular weight is 692 g/mol. The van der Waals surface area contributed by atoms with Gasteiger partial charge in [-0.05, 0) is 6.92 Å². The molecule has 21 heteroatoms. The fraction of sp³-hybridized carbons (Fsp3) is 0.962. The van der Waals surface area contributed by atoms with Gasteiger partial charge in [-0.3, -0.25) is 4.79 Å². The number of hydrogen-bond acceptors (Lipinski definition) is 20. The SMILES string of the molecule is CC(=O)N[C@@H]1[C@@H](O[C@@H]2O[C@@H](C)[C@@H](O)[C@@H](O[C@H]3O[C@H](CO[C@H]4O[C@H](CO)[C@H](O)[C@H](O)[C@H]4O)[C@@H](O)[C@H](O)[C@@H]3O)[C@@H]2O)[C@H](O)[C@@H](CO)O[C@H]1O. The Labute approximate surface area is 267 Å². The first-order valence-corrected chi connectivity index (χ1v) is 14.9. The lowest BCUT2D eigenvalue weighted by atomic mass is 9.95. The number of ether oxygens (including phenoxy) is 7. The second-order valence-corrected chi connectivity index (χ2v) is 11.9. The minimum Gasteiger partial charge on any atom is -0.394 e. The highest BCUT2D eigenvalue weighted by Gasteiger charge is 2.54. The molecule has 0 aromatic carbocycles. The first-order valence-electron chi connectivity index (χ1n) is 14.9. The molecule has 4 saturated heterocycles. The molecule has 0 aromatic rings. The van der Waals surface area contributed by atoms with E-state index in [9.17, 15) is 66.1 Å².